The summed E-state index contributed by atoms with van der Waals surface area (Å²) in [4.78, 5) is 0. The second-order valence-corrected chi connectivity index (χ2v) is 4.32. The Labute approximate surface area is 111 Å². The number of rotatable bonds is 11. The van der Waals surface area contributed by atoms with E-state index in [1.807, 2.05) is 0 Å². The van der Waals surface area contributed by atoms with E-state index in [4.69, 9.17) is 5.73 Å². The summed E-state index contributed by atoms with van der Waals surface area (Å²) in [6, 6.07) is 0. The largest absolute Gasteiger partial charge is 0.330 e. The van der Waals surface area contributed by atoms with Gasteiger partial charge in [-0.15, -0.1) is 0 Å². The van der Waals surface area contributed by atoms with Gasteiger partial charge >= 0.3 is 0 Å². The number of hydrogen-bond donors (Lipinski definition) is 1. The van der Waals surface area contributed by atoms with Gasteiger partial charge in [0, 0.05) is 21.1 Å². The van der Waals surface area contributed by atoms with E-state index in [2.05, 4.69) is 6.92 Å². The number of hydrogen-bond acceptors (Lipinski definition) is 1. The maximum absolute atomic E-state index is 5.44. The molecule has 0 aromatic rings. The number of unbranched alkanes of at least 4 members (excludes halogenated alkanes) is 10. The van der Waals surface area contributed by atoms with E-state index in [1.165, 1.54) is 70.6 Å². The molecular weight excluding hydrogens is 354 g/mol. The van der Waals surface area contributed by atoms with E-state index >= 15 is 0 Å². The van der Waals surface area contributed by atoms with Gasteiger partial charge in [-0.3, -0.25) is 0 Å². The van der Waals surface area contributed by atoms with Crippen LogP contribution in [0, 0.1) is 0 Å². The van der Waals surface area contributed by atoms with Gasteiger partial charge in [0.1, 0.15) is 0 Å². The molecule has 92 valence electrons. The van der Waals surface area contributed by atoms with Crippen molar-refractivity contribution in [1.29, 1.82) is 0 Å². The Morgan fingerprint density at radius 2 is 0.933 bits per heavy atom. The maximum Gasteiger partial charge on any atom is 0 e. The van der Waals surface area contributed by atoms with Crippen LogP contribution in [0.3, 0.4) is 0 Å². The van der Waals surface area contributed by atoms with Crippen molar-refractivity contribution in [3.63, 3.8) is 0 Å². The third-order valence-electron chi connectivity index (χ3n) is 2.81. The fraction of sp³-hybridized carbons (Fsp3) is 1.00. The van der Waals surface area contributed by atoms with Gasteiger partial charge in [-0.05, 0) is 13.0 Å². The molecule has 0 saturated heterocycles. The normalized spacial score (nSPS) is 10.0. The van der Waals surface area contributed by atoms with Gasteiger partial charge in [-0.1, -0.05) is 71.1 Å². The summed E-state index contributed by atoms with van der Waals surface area (Å²) >= 11 is 0. The van der Waals surface area contributed by atoms with Crippen molar-refractivity contribution in [1.82, 2.24) is 0 Å². The zero-order valence-electron chi connectivity index (χ0n) is 10.5. The van der Waals surface area contributed by atoms with Crippen LogP contribution in [0.5, 0.6) is 0 Å². The van der Waals surface area contributed by atoms with Crippen molar-refractivity contribution in [2.75, 3.05) is 6.54 Å². The van der Waals surface area contributed by atoms with Gasteiger partial charge in [0.15, 0.2) is 0 Å². The summed E-state index contributed by atoms with van der Waals surface area (Å²) in [5, 5.41) is 0. The van der Waals surface area contributed by atoms with Gasteiger partial charge in [0.2, 0.25) is 0 Å². The number of nitrogens with two attached hydrogens (primary N) is 1. The van der Waals surface area contributed by atoms with Crippen LogP contribution in [-0.2, 0) is 21.1 Å². The maximum atomic E-state index is 5.44. The molecule has 0 aliphatic heterocycles. The topological polar surface area (TPSA) is 26.0 Å². The average molecular weight is 383 g/mol. The Hall–Kier alpha value is 0.648. The van der Waals surface area contributed by atoms with Crippen molar-refractivity contribution >= 4 is 0 Å². The van der Waals surface area contributed by atoms with Crippen LogP contribution in [0.4, 0.5) is 0 Å². The smallest absolute Gasteiger partial charge is 0 e. The van der Waals surface area contributed by atoms with Crippen LogP contribution in [0.2, 0.25) is 0 Å². The summed E-state index contributed by atoms with van der Waals surface area (Å²) in [5.41, 5.74) is 5.44. The molecule has 15 heavy (non-hydrogen) atoms. The molecule has 0 aliphatic carbocycles. The summed E-state index contributed by atoms with van der Waals surface area (Å²) in [6.45, 7) is 3.15. The van der Waals surface area contributed by atoms with Gasteiger partial charge in [-0.25, -0.2) is 0 Å². The summed E-state index contributed by atoms with van der Waals surface area (Å²) < 4.78 is 0. The molecule has 0 bridgehead atoms. The van der Waals surface area contributed by atoms with E-state index in [0.717, 1.165) is 6.54 Å². The molecule has 2 N–H and O–H groups in total. The summed E-state index contributed by atoms with van der Waals surface area (Å²) in [5.74, 6) is 0. The third kappa shape index (κ3) is 17.3. The molecule has 0 aromatic heterocycles. The van der Waals surface area contributed by atoms with E-state index in [1.54, 1.807) is 0 Å². The quantitative estimate of drug-likeness (QED) is 0.531. The first-order chi connectivity index (χ1) is 6.91. The Morgan fingerprint density at radius 1 is 0.600 bits per heavy atom. The average Bonchev–Trinajstić information content (AvgIpc) is 2.21. The molecule has 0 atom stereocenters. The van der Waals surface area contributed by atoms with Crippen molar-refractivity contribution < 1.29 is 21.1 Å². The van der Waals surface area contributed by atoms with Gasteiger partial charge in [0.05, 0.1) is 0 Å². The molecule has 0 aliphatic rings. The van der Waals surface area contributed by atoms with E-state index in [0.29, 0.717) is 0 Å². The van der Waals surface area contributed by atoms with E-state index < -0.39 is 0 Å². The second kappa shape index (κ2) is 17.1. The van der Waals surface area contributed by atoms with Crippen molar-refractivity contribution in [3.05, 3.63) is 0 Å². The molecule has 0 fully saturated rings. The first-order valence-corrected chi connectivity index (χ1v) is 6.62. The molecule has 0 unspecified atom stereocenters. The fourth-order valence-electron chi connectivity index (χ4n) is 1.81. The molecular formula is C13H29NW. The molecule has 0 saturated carbocycles. The molecule has 0 spiro atoms. The SMILES string of the molecule is CCCCCCCCCCCCCN.[W]. The van der Waals surface area contributed by atoms with Gasteiger partial charge in [-0.2, -0.15) is 0 Å². The first kappa shape index (κ1) is 18.0. The molecule has 0 amide bonds. The van der Waals surface area contributed by atoms with Crippen molar-refractivity contribution in [3.8, 4) is 0 Å². The van der Waals surface area contributed by atoms with Gasteiger partial charge < -0.3 is 5.73 Å². The predicted octanol–water partition coefficient (Wildman–Crippen LogP) is 4.25. The Bertz CT molecular complexity index is 84.5. The minimum Gasteiger partial charge on any atom is -0.330 e. The molecule has 1 nitrogen and oxygen atoms in total. The van der Waals surface area contributed by atoms with Crippen molar-refractivity contribution in [2.24, 2.45) is 5.73 Å². The van der Waals surface area contributed by atoms with Crippen LogP contribution >= 0.6 is 0 Å². The second-order valence-electron chi connectivity index (χ2n) is 4.32. The molecule has 0 rings (SSSR count). The molecule has 0 radical (unpaired) electrons. The Morgan fingerprint density at radius 3 is 1.27 bits per heavy atom. The third-order valence-corrected chi connectivity index (χ3v) is 2.81. The fourth-order valence-corrected chi connectivity index (χ4v) is 1.81. The van der Waals surface area contributed by atoms with Crippen LogP contribution in [0.15, 0.2) is 0 Å². The van der Waals surface area contributed by atoms with Crippen LogP contribution in [0.1, 0.15) is 77.6 Å². The molecule has 2 heteroatoms. The van der Waals surface area contributed by atoms with Crippen LogP contribution in [-0.4, -0.2) is 6.54 Å². The Balaban J connectivity index is 0. The van der Waals surface area contributed by atoms with Crippen LogP contribution in [0.25, 0.3) is 0 Å². The zero-order chi connectivity index (χ0) is 10.5. The van der Waals surface area contributed by atoms with Crippen molar-refractivity contribution in [2.45, 2.75) is 77.6 Å². The Kier molecular flexibility index (Phi) is 20.5. The monoisotopic (exact) mass is 383 g/mol. The van der Waals surface area contributed by atoms with E-state index in [9.17, 15) is 0 Å². The van der Waals surface area contributed by atoms with Crippen LogP contribution < -0.4 is 5.73 Å². The minimum absolute atomic E-state index is 0. The minimum atomic E-state index is 0. The van der Waals surface area contributed by atoms with Gasteiger partial charge in [0.25, 0.3) is 0 Å². The standard InChI is InChI=1S/C13H29N.W/c1-2-3-4-5-6-7-8-9-10-11-12-13-14;/h2-14H2,1H3;. The first-order valence-electron chi connectivity index (χ1n) is 6.62. The zero-order valence-corrected chi connectivity index (χ0v) is 13.4. The summed E-state index contributed by atoms with van der Waals surface area (Å²) in [7, 11) is 0. The molecule has 0 aromatic carbocycles. The van der Waals surface area contributed by atoms with E-state index in [-0.39, 0.29) is 21.1 Å². The predicted molar refractivity (Wildman–Crippen MR) is 65.5 cm³/mol. The molecule has 0 heterocycles. The summed E-state index contributed by atoms with van der Waals surface area (Å²) in [6.07, 6.45) is 15.4.